The third-order valence-electron chi connectivity index (χ3n) is 3.11. The summed E-state index contributed by atoms with van der Waals surface area (Å²) in [5.41, 5.74) is -0.825. The first kappa shape index (κ1) is 18.4. The highest BCUT2D eigenvalue weighted by atomic mass is 16.5. The lowest BCUT2D eigenvalue weighted by atomic mass is 9.95. The normalized spacial score (nSPS) is 16.0. The molecule has 0 spiro atoms. The second-order valence-corrected chi connectivity index (χ2v) is 5.16. The van der Waals surface area contributed by atoms with Crippen LogP contribution in [0.25, 0.3) is 0 Å². The Kier molecular flexibility index (Phi) is 9.83. The Morgan fingerprint density at radius 3 is 2.63 bits per heavy atom. The monoisotopic (exact) mass is 275 g/mol. The highest BCUT2D eigenvalue weighted by Crippen LogP contribution is 2.14. The van der Waals surface area contributed by atoms with Crippen molar-refractivity contribution >= 4 is 5.97 Å². The summed E-state index contributed by atoms with van der Waals surface area (Å²) in [5.74, 6) is -0.783. The largest absolute Gasteiger partial charge is 0.480 e. The van der Waals surface area contributed by atoms with Crippen LogP contribution in [0, 0.1) is 0 Å². The number of hydrogen-bond donors (Lipinski definition) is 2. The maximum absolute atomic E-state index is 11.3. The topological polar surface area (TPSA) is 67.8 Å². The Hall–Kier alpha value is -0.650. The molecule has 2 N–H and O–H groups in total. The summed E-state index contributed by atoms with van der Waals surface area (Å²) in [4.78, 5) is 11.3. The molecule has 0 radical (unpaired) electrons. The van der Waals surface area contributed by atoms with Gasteiger partial charge < -0.3 is 19.9 Å². The first-order valence-electron chi connectivity index (χ1n) is 7.05. The second kappa shape index (κ2) is 10.2. The number of hydrogen-bond acceptors (Lipinski definition) is 4. The molecule has 0 saturated heterocycles. The van der Waals surface area contributed by atoms with E-state index >= 15 is 0 Å². The van der Waals surface area contributed by atoms with E-state index in [0.717, 1.165) is 25.8 Å². The maximum Gasteiger partial charge on any atom is 0.323 e. The first-order valence-corrected chi connectivity index (χ1v) is 7.05. The van der Waals surface area contributed by atoms with Gasteiger partial charge in [0.15, 0.2) is 0 Å². The van der Waals surface area contributed by atoms with Gasteiger partial charge in [-0.2, -0.15) is 0 Å². The summed E-state index contributed by atoms with van der Waals surface area (Å²) in [6, 6.07) is 0. The van der Waals surface area contributed by atoms with Crippen molar-refractivity contribution in [1.29, 1.82) is 0 Å². The van der Waals surface area contributed by atoms with Crippen molar-refractivity contribution in [3.05, 3.63) is 0 Å². The van der Waals surface area contributed by atoms with Gasteiger partial charge >= 0.3 is 5.97 Å². The van der Waals surface area contributed by atoms with E-state index in [1.54, 1.807) is 14.0 Å². The molecule has 0 bridgehead atoms. The molecule has 0 fully saturated rings. The fourth-order valence-electron chi connectivity index (χ4n) is 1.82. The zero-order chi connectivity index (χ0) is 14.7. The lowest BCUT2D eigenvalue weighted by molar-refractivity contribution is -0.144. The first-order chi connectivity index (χ1) is 8.96. The molecular weight excluding hydrogens is 246 g/mol. The molecule has 19 heavy (non-hydrogen) atoms. The molecule has 0 aliphatic carbocycles. The van der Waals surface area contributed by atoms with Gasteiger partial charge in [0.05, 0.1) is 12.7 Å². The standard InChI is InChI=1S/C14H29NO4/c1-5-9-15-14(3,13(16)17)8-6-7-10-19-12(2)11-18-4/h12,15H,5-11H2,1-4H3,(H,16,17). The Morgan fingerprint density at radius 2 is 2.11 bits per heavy atom. The van der Waals surface area contributed by atoms with Crippen molar-refractivity contribution in [2.45, 2.75) is 58.1 Å². The summed E-state index contributed by atoms with van der Waals surface area (Å²) in [7, 11) is 1.65. The lowest BCUT2D eigenvalue weighted by Gasteiger charge is -2.26. The molecule has 5 nitrogen and oxygen atoms in total. The Morgan fingerprint density at radius 1 is 1.42 bits per heavy atom. The van der Waals surface area contributed by atoms with Crippen molar-refractivity contribution < 1.29 is 19.4 Å². The zero-order valence-electron chi connectivity index (χ0n) is 12.7. The second-order valence-electron chi connectivity index (χ2n) is 5.16. The summed E-state index contributed by atoms with van der Waals surface area (Å²) < 4.78 is 10.5. The molecule has 0 aromatic rings. The van der Waals surface area contributed by atoms with Gasteiger partial charge in [0, 0.05) is 13.7 Å². The minimum atomic E-state index is -0.825. The van der Waals surface area contributed by atoms with Crippen LogP contribution in [-0.4, -0.2) is 49.6 Å². The van der Waals surface area contributed by atoms with Crippen LogP contribution in [0.4, 0.5) is 0 Å². The van der Waals surface area contributed by atoms with Crippen LogP contribution in [0.2, 0.25) is 0 Å². The molecule has 0 amide bonds. The summed E-state index contributed by atoms with van der Waals surface area (Å²) >= 11 is 0. The van der Waals surface area contributed by atoms with Crippen molar-refractivity contribution in [2.24, 2.45) is 0 Å². The summed E-state index contributed by atoms with van der Waals surface area (Å²) in [5, 5.41) is 12.4. The van der Waals surface area contributed by atoms with Crippen molar-refractivity contribution in [2.75, 3.05) is 26.9 Å². The lowest BCUT2D eigenvalue weighted by Crippen LogP contribution is -2.49. The summed E-state index contributed by atoms with van der Waals surface area (Å²) in [6.45, 7) is 7.70. The Bertz CT molecular complexity index is 248. The fraction of sp³-hybridized carbons (Fsp3) is 0.929. The van der Waals surface area contributed by atoms with E-state index in [1.807, 2.05) is 13.8 Å². The van der Waals surface area contributed by atoms with E-state index in [9.17, 15) is 9.90 Å². The Balaban J connectivity index is 3.84. The molecule has 0 aliphatic heterocycles. The van der Waals surface area contributed by atoms with Gasteiger partial charge in [-0.25, -0.2) is 0 Å². The zero-order valence-corrected chi connectivity index (χ0v) is 12.7. The summed E-state index contributed by atoms with van der Waals surface area (Å²) in [6.07, 6.45) is 3.34. The van der Waals surface area contributed by atoms with Crippen LogP contribution in [0.5, 0.6) is 0 Å². The Labute approximate surface area is 116 Å². The average molecular weight is 275 g/mol. The molecule has 5 heteroatoms. The molecule has 0 saturated carbocycles. The number of carbonyl (C=O) groups is 1. The van der Waals surface area contributed by atoms with Crippen LogP contribution in [0.1, 0.15) is 46.5 Å². The predicted octanol–water partition coefficient (Wildman–Crippen LogP) is 2.05. The maximum atomic E-state index is 11.3. The minimum Gasteiger partial charge on any atom is -0.480 e. The number of carboxylic acid groups (broad SMARTS) is 1. The van der Waals surface area contributed by atoms with Gasteiger partial charge in [-0.15, -0.1) is 0 Å². The molecule has 0 rings (SSSR count). The molecule has 0 aromatic carbocycles. The molecule has 0 heterocycles. The van der Waals surface area contributed by atoms with E-state index < -0.39 is 11.5 Å². The smallest absolute Gasteiger partial charge is 0.323 e. The van der Waals surface area contributed by atoms with Gasteiger partial charge in [0.2, 0.25) is 0 Å². The van der Waals surface area contributed by atoms with Crippen molar-refractivity contribution in [1.82, 2.24) is 5.32 Å². The minimum absolute atomic E-state index is 0.0917. The quantitative estimate of drug-likeness (QED) is 0.534. The predicted molar refractivity (Wildman–Crippen MR) is 75.5 cm³/mol. The van der Waals surface area contributed by atoms with Crippen molar-refractivity contribution in [3.8, 4) is 0 Å². The fourth-order valence-corrected chi connectivity index (χ4v) is 1.82. The molecule has 2 unspecified atom stereocenters. The number of methoxy groups -OCH3 is 1. The molecule has 2 atom stereocenters. The average Bonchev–Trinajstić information content (AvgIpc) is 2.36. The molecule has 0 aromatic heterocycles. The van der Waals surface area contributed by atoms with Gasteiger partial charge in [-0.05, 0) is 46.1 Å². The third kappa shape index (κ3) is 8.18. The van der Waals surface area contributed by atoms with Crippen LogP contribution in [0.3, 0.4) is 0 Å². The van der Waals surface area contributed by atoms with Crippen LogP contribution in [-0.2, 0) is 14.3 Å². The van der Waals surface area contributed by atoms with E-state index in [2.05, 4.69) is 5.32 Å². The number of unbranched alkanes of at least 4 members (excludes halogenated alkanes) is 1. The number of ether oxygens (including phenoxy) is 2. The molecular formula is C14H29NO4. The SMILES string of the molecule is CCCNC(C)(CCCCOC(C)COC)C(=O)O. The van der Waals surface area contributed by atoms with E-state index in [1.165, 1.54) is 0 Å². The van der Waals surface area contributed by atoms with E-state index in [0.29, 0.717) is 19.6 Å². The van der Waals surface area contributed by atoms with Gasteiger partial charge in [0.1, 0.15) is 5.54 Å². The van der Waals surface area contributed by atoms with Crippen LogP contribution < -0.4 is 5.32 Å². The number of nitrogens with one attached hydrogen (secondary N) is 1. The third-order valence-corrected chi connectivity index (χ3v) is 3.11. The highest BCUT2D eigenvalue weighted by molar-refractivity contribution is 5.78. The molecule has 0 aliphatic rings. The van der Waals surface area contributed by atoms with E-state index in [-0.39, 0.29) is 6.10 Å². The van der Waals surface area contributed by atoms with E-state index in [4.69, 9.17) is 9.47 Å². The highest BCUT2D eigenvalue weighted by Gasteiger charge is 2.31. The number of rotatable bonds is 12. The van der Waals surface area contributed by atoms with Gasteiger partial charge in [0.25, 0.3) is 0 Å². The van der Waals surface area contributed by atoms with Gasteiger partial charge in [-0.1, -0.05) is 6.92 Å². The number of aliphatic carboxylic acids is 1. The van der Waals surface area contributed by atoms with Crippen LogP contribution >= 0.6 is 0 Å². The van der Waals surface area contributed by atoms with Gasteiger partial charge in [-0.3, -0.25) is 4.79 Å². The number of carboxylic acids is 1. The van der Waals surface area contributed by atoms with Crippen LogP contribution in [0.15, 0.2) is 0 Å². The van der Waals surface area contributed by atoms with Crippen molar-refractivity contribution in [3.63, 3.8) is 0 Å². The molecule has 114 valence electrons.